The van der Waals surface area contributed by atoms with Crippen molar-refractivity contribution < 1.29 is 4.79 Å². The number of benzene rings is 1. The van der Waals surface area contributed by atoms with E-state index >= 15 is 0 Å². The van der Waals surface area contributed by atoms with Gasteiger partial charge in [-0.2, -0.15) is 0 Å². The molecule has 1 aromatic carbocycles. The van der Waals surface area contributed by atoms with E-state index in [1.807, 2.05) is 31.2 Å². The third-order valence-electron chi connectivity index (χ3n) is 3.34. The van der Waals surface area contributed by atoms with Crippen LogP contribution in [-0.4, -0.2) is 43.9 Å². The maximum Gasteiger partial charge on any atom is 0.185 e. The fourth-order valence-corrected chi connectivity index (χ4v) is 2.15. The first kappa shape index (κ1) is 12.8. The van der Waals surface area contributed by atoms with E-state index in [9.17, 15) is 4.79 Å². The molecule has 0 aliphatic carbocycles. The Bertz CT molecular complexity index is 428. The van der Waals surface area contributed by atoms with Crippen molar-refractivity contribution in [2.45, 2.75) is 6.92 Å². The van der Waals surface area contributed by atoms with Crippen LogP contribution in [0.3, 0.4) is 0 Å². The first-order valence-corrected chi connectivity index (χ1v) is 6.41. The van der Waals surface area contributed by atoms with Gasteiger partial charge in [0.05, 0.1) is 0 Å². The second kappa shape index (κ2) is 5.83. The van der Waals surface area contributed by atoms with Gasteiger partial charge in [-0.3, -0.25) is 4.79 Å². The van der Waals surface area contributed by atoms with Crippen LogP contribution in [0.1, 0.15) is 17.3 Å². The van der Waals surface area contributed by atoms with E-state index in [2.05, 4.69) is 16.8 Å². The number of carbonyl (C=O) groups excluding carboxylic acids is 1. The summed E-state index contributed by atoms with van der Waals surface area (Å²) in [4.78, 5) is 16.4. The average Bonchev–Trinajstić information content (AvgIpc) is 2.40. The predicted molar refractivity (Wildman–Crippen MR) is 75.3 cm³/mol. The van der Waals surface area contributed by atoms with E-state index in [-0.39, 0.29) is 5.78 Å². The number of hydrogen-bond donors (Lipinski definition) is 0. The van der Waals surface area contributed by atoms with Crippen molar-refractivity contribution in [2.75, 3.05) is 38.1 Å². The molecular formula is C15H20N2O. The largest absolute Gasteiger partial charge is 0.369 e. The van der Waals surface area contributed by atoms with E-state index in [1.165, 1.54) is 5.69 Å². The fourth-order valence-electron chi connectivity index (χ4n) is 2.15. The molecule has 1 fully saturated rings. The normalized spacial score (nSPS) is 17.3. The first-order chi connectivity index (χ1) is 8.70. The number of nitrogens with zero attached hydrogens (tertiary/aromatic N) is 2. The molecule has 2 rings (SSSR count). The first-order valence-electron chi connectivity index (χ1n) is 6.41. The van der Waals surface area contributed by atoms with Crippen LogP contribution in [0, 0.1) is 0 Å². The van der Waals surface area contributed by atoms with Gasteiger partial charge in [-0.05, 0) is 44.3 Å². The van der Waals surface area contributed by atoms with Gasteiger partial charge in [0.2, 0.25) is 0 Å². The molecule has 96 valence electrons. The summed E-state index contributed by atoms with van der Waals surface area (Å²) in [6.45, 7) is 6.16. The number of ketones is 1. The van der Waals surface area contributed by atoms with Crippen LogP contribution in [-0.2, 0) is 0 Å². The van der Waals surface area contributed by atoms with Crippen LogP contribution in [0.2, 0.25) is 0 Å². The molecule has 0 spiro atoms. The monoisotopic (exact) mass is 244 g/mol. The van der Waals surface area contributed by atoms with Gasteiger partial charge < -0.3 is 9.80 Å². The molecule has 3 heteroatoms. The second-order valence-electron chi connectivity index (χ2n) is 4.70. The summed E-state index contributed by atoms with van der Waals surface area (Å²) in [5.41, 5.74) is 1.96. The summed E-state index contributed by atoms with van der Waals surface area (Å²) >= 11 is 0. The van der Waals surface area contributed by atoms with Gasteiger partial charge in [-0.25, -0.2) is 0 Å². The van der Waals surface area contributed by atoms with Crippen molar-refractivity contribution in [1.82, 2.24) is 4.90 Å². The molecule has 0 atom stereocenters. The minimum Gasteiger partial charge on any atom is -0.369 e. The molecule has 0 unspecified atom stereocenters. The third kappa shape index (κ3) is 2.99. The van der Waals surface area contributed by atoms with Gasteiger partial charge in [0.1, 0.15) is 0 Å². The van der Waals surface area contributed by atoms with Crippen LogP contribution in [0.15, 0.2) is 36.4 Å². The lowest BCUT2D eigenvalue weighted by Gasteiger charge is -2.34. The molecule has 3 nitrogen and oxygen atoms in total. The zero-order chi connectivity index (χ0) is 13.0. The molecule has 1 aromatic rings. The molecule has 1 aliphatic heterocycles. The Balaban J connectivity index is 2.05. The smallest absolute Gasteiger partial charge is 0.185 e. The Morgan fingerprint density at radius 1 is 1.11 bits per heavy atom. The lowest BCUT2D eigenvalue weighted by atomic mass is 10.1. The molecule has 1 heterocycles. The van der Waals surface area contributed by atoms with Crippen molar-refractivity contribution in [3.63, 3.8) is 0 Å². The molecule has 0 bridgehead atoms. The molecule has 0 saturated carbocycles. The van der Waals surface area contributed by atoms with Gasteiger partial charge in [-0.15, -0.1) is 0 Å². The van der Waals surface area contributed by atoms with E-state index < -0.39 is 0 Å². The van der Waals surface area contributed by atoms with Crippen LogP contribution < -0.4 is 4.90 Å². The predicted octanol–water partition coefficient (Wildman–Crippen LogP) is 2.20. The molecule has 0 radical (unpaired) electrons. The van der Waals surface area contributed by atoms with Gasteiger partial charge in [0, 0.05) is 37.4 Å². The Kier molecular flexibility index (Phi) is 4.15. The highest BCUT2D eigenvalue weighted by Gasteiger charge is 2.14. The summed E-state index contributed by atoms with van der Waals surface area (Å²) in [7, 11) is 2.15. The Hall–Kier alpha value is -1.61. The van der Waals surface area contributed by atoms with Crippen LogP contribution in [0.4, 0.5) is 5.69 Å². The Morgan fingerprint density at radius 3 is 2.28 bits per heavy atom. The highest BCUT2D eigenvalue weighted by Crippen LogP contribution is 2.17. The van der Waals surface area contributed by atoms with Crippen molar-refractivity contribution in [3.8, 4) is 0 Å². The van der Waals surface area contributed by atoms with Gasteiger partial charge in [-0.1, -0.05) is 6.08 Å². The number of allylic oxidation sites excluding steroid dienone is 2. The number of rotatable bonds is 3. The van der Waals surface area contributed by atoms with Crippen LogP contribution in [0.25, 0.3) is 0 Å². The maximum atomic E-state index is 11.7. The SMILES string of the molecule is C/C=C/C(=O)c1ccc(N2CCN(C)CC2)cc1. The molecular weight excluding hydrogens is 224 g/mol. The molecule has 0 aromatic heterocycles. The number of anilines is 1. The molecule has 0 N–H and O–H groups in total. The maximum absolute atomic E-state index is 11.7. The van der Waals surface area contributed by atoms with Gasteiger partial charge in [0.15, 0.2) is 5.78 Å². The van der Waals surface area contributed by atoms with Crippen molar-refractivity contribution >= 4 is 11.5 Å². The summed E-state index contributed by atoms with van der Waals surface area (Å²) in [5, 5.41) is 0. The molecule has 1 aliphatic rings. The summed E-state index contributed by atoms with van der Waals surface area (Å²) < 4.78 is 0. The molecule has 18 heavy (non-hydrogen) atoms. The van der Waals surface area contributed by atoms with Crippen LogP contribution in [0.5, 0.6) is 0 Å². The molecule has 1 saturated heterocycles. The third-order valence-corrected chi connectivity index (χ3v) is 3.34. The zero-order valence-corrected chi connectivity index (χ0v) is 11.1. The fraction of sp³-hybridized carbons (Fsp3) is 0.400. The van der Waals surface area contributed by atoms with Gasteiger partial charge >= 0.3 is 0 Å². The van der Waals surface area contributed by atoms with E-state index in [0.29, 0.717) is 0 Å². The summed E-state index contributed by atoms with van der Waals surface area (Å²) in [6, 6.07) is 7.91. The van der Waals surface area contributed by atoms with Crippen molar-refractivity contribution in [2.24, 2.45) is 0 Å². The highest BCUT2D eigenvalue weighted by molar-refractivity contribution is 6.04. The number of hydrogen-bond acceptors (Lipinski definition) is 3. The lowest BCUT2D eigenvalue weighted by molar-refractivity contribution is 0.104. The minimum absolute atomic E-state index is 0.0717. The lowest BCUT2D eigenvalue weighted by Crippen LogP contribution is -2.44. The number of likely N-dealkylation sites (N-methyl/N-ethyl adjacent to an activating group) is 1. The standard InChI is InChI=1S/C15H20N2O/c1-3-4-15(18)13-5-7-14(8-6-13)17-11-9-16(2)10-12-17/h3-8H,9-12H2,1-2H3/b4-3+. The minimum atomic E-state index is 0.0717. The zero-order valence-electron chi connectivity index (χ0n) is 11.1. The number of carbonyl (C=O) groups is 1. The Morgan fingerprint density at radius 2 is 1.72 bits per heavy atom. The van der Waals surface area contributed by atoms with E-state index in [4.69, 9.17) is 0 Å². The number of piperazine rings is 1. The van der Waals surface area contributed by atoms with E-state index in [1.54, 1.807) is 12.2 Å². The summed E-state index contributed by atoms with van der Waals surface area (Å²) in [6.07, 6.45) is 3.38. The Labute approximate surface area is 109 Å². The summed E-state index contributed by atoms with van der Waals surface area (Å²) in [5.74, 6) is 0.0717. The van der Waals surface area contributed by atoms with Crippen LogP contribution >= 0.6 is 0 Å². The molecule has 0 amide bonds. The highest BCUT2D eigenvalue weighted by atomic mass is 16.1. The second-order valence-corrected chi connectivity index (χ2v) is 4.70. The van der Waals surface area contributed by atoms with Crippen molar-refractivity contribution in [3.05, 3.63) is 42.0 Å². The topological polar surface area (TPSA) is 23.6 Å². The average molecular weight is 244 g/mol. The van der Waals surface area contributed by atoms with E-state index in [0.717, 1.165) is 31.7 Å². The van der Waals surface area contributed by atoms with Crippen molar-refractivity contribution in [1.29, 1.82) is 0 Å². The quantitative estimate of drug-likeness (QED) is 0.601. The van der Waals surface area contributed by atoms with Gasteiger partial charge in [0.25, 0.3) is 0 Å².